The molecule has 0 spiro atoms. The predicted octanol–water partition coefficient (Wildman–Crippen LogP) is 0.643. The maximum absolute atomic E-state index is 12.7. The highest BCUT2D eigenvalue weighted by Gasteiger charge is 2.30. The molecule has 0 aliphatic carbocycles. The second kappa shape index (κ2) is 10.4. The zero-order chi connectivity index (χ0) is 23.1. The Morgan fingerprint density at radius 1 is 0.875 bits per heavy atom. The van der Waals surface area contributed by atoms with Crippen LogP contribution in [0.15, 0.2) is 65.6 Å². The predicted molar refractivity (Wildman–Crippen MR) is 118 cm³/mol. The summed E-state index contributed by atoms with van der Waals surface area (Å²) in [6.07, 6.45) is -0.143. The van der Waals surface area contributed by atoms with E-state index in [2.05, 4.69) is 5.32 Å². The van der Waals surface area contributed by atoms with Crippen molar-refractivity contribution in [3.05, 3.63) is 66.2 Å². The average molecular weight is 459 g/mol. The van der Waals surface area contributed by atoms with Crippen molar-refractivity contribution in [1.82, 2.24) is 14.5 Å². The van der Waals surface area contributed by atoms with Crippen molar-refractivity contribution in [2.75, 3.05) is 26.2 Å². The Morgan fingerprint density at radius 3 is 2.00 bits per heavy atom. The molecule has 170 valence electrons. The molecule has 0 bridgehead atoms. The molecule has 1 fully saturated rings. The highest BCUT2D eigenvalue weighted by Crippen LogP contribution is 2.18. The Kier molecular flexibility index (Phi) is 7.60. The van der Waals surface area contributed by atoms with Crippen LogP contribution in [0, 0.1) is 0 Å². The number of sulfonamides is 1. The third kappa shape index (κ3) is 5.71. The maximum Gasteiger partial charge on any atom is 0.244 e. The van der Waals surface area contributed by atoms with Crippen LogP contribution in [0.4, 0.5) is 0 Å². The van der Waals surface area contributed by atoms with Crippen molar-refractivity contribution in [2.24, 2.45) is 5.73 Å². The van der Waals surface area contributed by atoms with E-state index in [4.69, 9.17) is 5.73 Å². The summed E-state index contributed by atoms with van der Waals surface area (Å²) in [5, 5.41) is 2.56. The molecule has 1 atom stereocenters. The minimum absolute atomic E-state index is 0.0441. The summed E-state index contributed by atoms with van der Waals surface area (Å²) in [5.41, 5.74) is 5.96. The molecule has 9 nitrogen and oxygen atoms in total. The average Bonchev–Trinajstić information content (AvgIpc) is 2.82. The number of nitrogens with two attached hydrogens (primary N) is 1. The number of carbonyl (C=O) groups is 3. The first-order valence-electron chi connectivity index (χ1n) is 10.3. The van der Waals surface area contributed by atoms with Crippen LogP contribution in [0.3, 0.4) is 0 Å². The van der Waals surface area contributed by atoms with Crippen LogP contribution in [-0.4, -0.2) is 61.5 Å². The Morgan fingerprint density at radius 2 is 1.44 bits per heavy atom. The molecule has 2 aromatic rings. The number of piperazine rings is 1. The fourth-order valence-corrected chi connectivity index (χ4v) is 4.94. The molecule has 1 saturated heterocycles. The van der Waals surface area contributed by atoms with E-state index in [-0.39, 0.29) is 49.8 Å². The molecule has 0 saturated carbocycles. The maximum atomic E-state index is 12.7. The van der Waals surface area contributed by atoms with Crippen LogP contribution in [0.5, 0.6) is 0 Å². The zero-order valence-corrected chi connectivity index (χ0v) is 18.3. The highest BCUT2D eigenvalue weighted by atomic mass is 32.2. The molecule has 3 N–H and O–H groups in total. The zero-order valence-electron chi connectivity index (χ0n) is 17.5. The Labute approximate surface area is 187 Å². The second-order valence-corrected chi connectivity index (χ2v) is 9.35. The van der Waals surface area contributed by atoms with Crippen LogP contribution < -0.4 is 11.1 Å². The monoisotopic (exact) mass is 458 g/mol. The lowest BCUT2D eigenvalue weighted by Gasteiger charge is -2.34. The van der Waals surface area contributed by atoms with Gasteiger partial charge in [-0.15, -0.1) is 0 Å². The van der Waals surface area contributed by atoms with E-state index in [1.54, 1.807) is 65.6 Å². The van der Waals surface area contributed by atoms with Gasteiger partial charge in [-0.05, 0) is 17.7 Å². The largest absolute Gasteiger partial charge is 0.368 e. The normalized spacial score (nSPS) is 15.7. The molecular weight excluding hydrogens is 432 g/mol. The van der Waals surface area contributed by atoms with Crippen LogP contribution in [0.25, 0.3) is 0 Å². The van der Waals surface area contributed by atoms with Crippen molar-refractivity contribution in [2.45, 2.75) is 23.8 Å². The fraction of sp³-hybridized carbons (Fsp3) is 0.318. The molecule has 0 radical (unpaired) electrons. The first-order valence-corrected chi connectivity index (χ1v) is 11.7. The van der Waals surface area contributed by atoms with E-state index in [9.17, 15) is 22.8 Å². The van der Waals surface area contributed by atoms with Gasteiger partial charge >= 0.3 is 0 Å². The third-order valence-electron chi connectivity index (χ3n) is 5.26. The van der Waals surface area contributed by atoms with Crippen molar-refractivity contribution < 1.29 is 22.8 Å². The number of nitrogens with one attached hydrogen (secondary N) is 1. The number of nitrogens with zero attached hydrogens (tertiary/aromatic N) is 2. The minimum Gasteiger partial charge on any atom is -0.368 e. The molecule has 0 aromatic heterocycles. The van der Waals surface area contributed by atoms with Gasteiger partial charge in [-0.2, -0.15) is 4.31 Å². The minimum atomic E-state index is -3.60. The molecule has 32 heavy (non-hydrogen) atoms. The quantitative estimate of drug-likeness (QED) is 0.600. The molecule has 1 aliphatic heterocycles. The number of rotatable bonds is 8. The van der Waals surface area contributed by atoms with Gasteiger partial charge in [0.15, 0.2) is 0 Å². The first-order chi connectivity index (χ1) is 15.3. The van der Waals surface area contributed by atoms with Gasteiger partial charge < -0.3 is 16.0 Å². The molecule has 1 heterocycles. The van der Waals surface area contributed by atoms with Gasteiger partial charge in [0, 0.05) is 39.0 Å². The van der Waals surface area contributed by atoms with Gasteiger partial charge in [0.25, 0.3) is 0 Å². The standard InChI is InChI=1S/C22H26N4O5S/c23-22(29)21(17-7-3-1-4-8-17)24-19(27)11-12-20(28)25-13-15-26(16-14-25)32(30,31)18-9-5-2-6-10-18/h1-10,21H,11-16H2,(H2,23,29)(H,24,27). The van der Waals surface area contributed by atoms with Gasteiger partial charge in [0.1, 0.15) is 6.04 Å². The summed E-state index contributed by atoms with van der Waals surface area (Å²) in [4.78, 5) is 38.3. The van der Waals surface area contributed by atoms with Gasteiger partial charge in [-0.3, -0.25) is 14.4 Å². The number of hydrogen-bond acceptors (Lipinski definition) is 5. The van der Waals surface area contributed by atoms with Gasteiger partial charge in [-0.1, -0.05) is 48.5 Å². The number of benzene rings is 2. The van der Waals surface area contributed by atoms with Crippen LogP contribution in [0.1, 0.15) is 24.4 Å². The third-order valence-corrected chi connectivity index (χ3v) is 7.17. The highest BCUT2D eigenvalue weighted by molar-refractivity contribution is 7.89. The van der Waals surface area contributed by atoms with E-state index in [0.717, 1.165) is 0 Å². The summed E-state index contributed by atoms with van der Waals surface area (Å²) in [6, 6.07) is 15.8. The molecule has 3 rings (SSSR count). The molecule has 1 aliphatic rings. The summed E-state index contributed by atoms with van der Waals surface area (Å²) in [5.74, 6) is -1.39. The number of carbonyl (C=O) groups excluding carboxylic acids is 3. The molecule has 2 aromatic carbocycles. The van der Waals surface area contributed by atoms with Gasteiger partial charge in [0.2, 0.25) is 27.7 Å². The van der Waals surface area contributed by atoms with Crippen LogP contribution >= 0.6 is 0 Å². The lowest BCUT2D eigenvalue weighted by atomic mass is 10.1. The van der Waals surface area contributed by atoms with Crippen molar-refractivity contribution in [1.29, 1.82) is 0 Å². The van der Waals surface area contributed by atoms with Crippen molar-refractivity contribution in [3.8, 4) is 0 Å². The summed E-state index contributed by atoms with van der Waals surface area (Å²) in [6.45, 7) is 0.876. The van der Waals surface area contributed by atoms with E-state index in [1.165, 1.54) is 4.31 Å². The van der Waals surface area contributed by atoms with Gasteiger partial charge in [-0.25, -0.2) is 8.42 Å². The molecule has 3 amide bonds. The number of hydrogen-bond donors (Lipinski definition) is 2. The van der Waals surface area contributed by atoms with E-state index in [1.807, 2.05) is 0 Å². The Bertz CT molecular complexity index is 1050. The summed E-state index contributed by atoms with van der Waals surface area (Å²) >= 11 is 0. The SMILES string of the molecule is NC(=O)C(NC(=O)CCC(=O)N1CCN(S(=O)(=O)c2ccccc2)CC1)c1ccccc1. The smallest absolute Gasteiger partial charge is 0.244 e. The van der Waals surface area contributed by atoms with Crippen molar-refractivity contribution in [3.63, 3.8) is 0 Å². The Balaban J connectivity index is 1.49. The van der Waals surface area contributed by atoms with E-state index < -0.39 is 27.9 Å². The molecule has 10 heteroatoms. The fourth-order valence-electron chi connectivity index (χ4n) is 3.50. The first kappa shape index (κ1) is 23.4. The lowest BCUT2D eigenvalue weighted by Crippen LogP contribution is -2.50. The number of amides is 3. The molecular formula is C22H26N4O5S. The number of primary amides is 1. The molecule has 1 unspecified atom stereocenters. The Hall–Kier alpha value is -3.24. The summed E-state index contributed by atoms with van der Waals surface area (Å²) < 4.78 is 26.7. The van der Waals surface area contributed by atoms with E-state index >= 15 is 0 Å². The van der Waals surface area contributed by atoms with Crippen LogP contribution in [0.2, 0.25) is 0 Å². The lowest BCUT2D eigenvalue weighted by molar-refractivity contribution is -0.135. The van der Waals surface area contributed by atoms with E-state index in [0.29, 0.717) is 5.56 Å². The second-order valence-electron chi connectivity index (χ2n) is 7.41. The van der Waals surface area contributed by atoms with Crippen LogP contribution in [-0.2, 0) is 24.4 Å². The summed E-state index contributed by atoms with van der Waals surface area (Å²) in [7, 11) is -3.60. The topological polar surface area (TPSA) is 130 Å². The van der Waals surface area contributed by atoms with Gasteiger partial charge in [0.05, 0.1) is 4.90 Å². The van der Waals surface area contributed by atoms with Crippen molar-refractivity contribution >= 4 is 27.7 Å².